The smallest absolute Gasteiger partial charge is 0.341 e. The van der Waals surface area contributed by atoms with Crippen molar-refractivity contribution in [2.24, 2.45) is 5.92 Å². The van der Waals surface area contributed by atoms with E-state index in [-0.39, 0.29) is 0 Å². The first-order valence-electron chi connectivity index (χ1n) is 6.72. The Hall–Kier alpha value is -0.730. The maximum Gasteiger partial charge on any atom is 0.341 e. The van der Waals surface area contributed by atoms with E-state index in [2.05, 4.69) is 26.0 Å². The first-order chi connectivity index (χ1) is 10.0. The van der Waals surface area contributed by atoms with Crippen molar-refractivity contribution in [2.45, 2.75) is 12.8 Å². The van der Waals surface area contributed by atoms with Gasteiger partial charge in [-0.05, 0) is 24.8 Å². The molecular weight excluding hydrogens is 407 g/mol. The fourth-order valence-corrected chi connectivity index (χ4v) is 2.96. The van der Waals surface area contributed by atoms with Crippen LogP contribution in [0.5, 0.6) is 5.75 Å². The Labute approximate surface area is 143 Å². The van der Waals surface area contributed by atoms with Crippen molar-refractivity contribution >= 4 is 46.1 Å². The van der Waals surface area contributed by atoms with Gasteiger partial charge in [0.05, 0.1) is 24.4 Å². The van der Waals surface area contributed by atoms with Crippen LogP contribution in [0.15, 0.2) is 12.1 Å². The first-order valence-corrected chi connectivity index (χ1v) is 8.06. The van der Waals surface area contributed by atoms with Crippen LogP contribution in [-0.2, 0) is 4.74 Å². The summed E-state index contributed by atoms with van der Waals surface area (Å²) in [6, 6.07) is 3.03. The molecule has 1 aliphatic rings. The zero-order chi connectivity index (χ0) is 15.4. The van der Waals surface area contributed by atoms with Gasteiger partial charge in [0.25, 0.3) is 0 Å². The highest BCUT2D eigenvalue weighted by Gasteiger charge is 2.21. The van der Waals surface area contributed by atoms with E-state index in [1.165, 1.54) is 19.2 Å². The Morgan fingerprint density at radius 3 is 2.76 bits per heavy atom. The lowest BCUT2D eigenvalue weighted by Crippen LogP contribution is -2.29. The number of esters is 1. The second kappa shape index (κ2) is 7.51. The normalized spacial score (nSPS) is 16.7. The van der Waals surface area contributed by atoms with E-state index in [0.717, 1.165) is 25.9 Å². The van der Waals surface area contributed by atoms with Gasteiger partial charge >= 0.3 is 5.97 Å². The van der Waals surface area contributed by atoms with Gasteiger partial charge in [0.1, 0.15) is 11.3 Å². The second-order valence-electron chi connectivity index (χ2n) is 5.03. The van der Waals surface area contributed by atoms with Crippen molar-refractivity contribution in [1.82, 2.24) is 3.11 Å². The number of benzene rings is 1. The summed E-state index contributed by atoms with van der Waals surface area (Å²) in [7, 11) is 1.48. The Morgan fingerprint density at radius 1 is 1.48 bits per heavy atom. The predicted molar refractivity (Wildman–Crippen MR) is 91.0 cm³/mol. The molecule has 1 aliphatic heterocycles. The second-order valence-corrected chi connectivity index (χ2v) is 6.80. The van der Waals surface area contributed by atoms with Crippen molar-refractivity contribution < 1.29 is 14.3 Å². The topological polar surface area (TPSA) is 64.8 Å². The summed E-state index contributed by atoms with van der Waals surface area (Å²) in [5, 5.41) is 0.320. The molecule has 0 bridgehead atoms. The van der Waals surface area contributed by atoms with E-state index in [1.807, 2.05) is 0 Å². The third kappa shape index (κ3) is 4.37. The van der Waals surface area contributed by atoms with E-state index in [0.29, 0.717) is 34.5 Å². The summed E-state index contributed by atoms with van der Waals surface area (Å²) < 4.78 is 12.8. The summed E-state index contributed by atoms with van der Waals surface area (Å²) in [5.41, 5.74) is 6.38. The van der Waals surface area contributed by atoms with E-state index >= 15 is 0 Å². The molecule has 2 N–H and O–H groups in total. The lowest BCUT2D eigenvalue weighted by molar-refractivity contribution is 0.0401. The maximum atomic E-state index is 12.2. The molecule has 21 heavy (non-hydrogen) atoms. The van der Waals surface area contributed by atoms with Gasteiger partial charge in [-0.1, -0.05) is 11.6 Å². The van der Waals surface area contributed by atoms with Crippen molar-refractivity contribution in [2.75, 3.05) is 32.5 Å². The van der Waals surface area contributed by atoms with Gasteiger partial charge in [-0.15, -0.1) is 0 Å². The predicted octanol–water partition coefficient (Wildman–Crippen LogP) is 3.15. The Balaban J connectivity index is 1.98. The van der Waals surface area contributed by atoms with Crippen molar-refractivity contribution in [3.63, 3.8) is 0 Å². The standard InChI is InChI=1S/C14H18ClIN2O3/c1-20-13-7-12(17)11(15)6-10(13)14(19)21-8-9-2-4-18(16)5-3-9/h6-7,9H,2-5,8,17H2,1H3. The molecule has 1 aromatic carbocycles. The molecule has 7 heteroatoms. The van der Waals surface area contributed by atoms with E-state index in [9.17, 15) is 4.79 Å². The van der Waals surface area contributed by atoms with Crippen molar-refractivity contribution in [3.05, 3.63) is 22.7 Å². The molecule has 0 spiro atoms. The molecule has 116 valence electrons. The number of nitrogens with two attached hydrogens (primary N) is 1. The van der Waals surface area contributed by atoms with Crippen LogP contribution >= 0.6 is 34.5 Å². The highest BCUT2D eigenvalue weighted by molar-refractivity contribution is 14.1. The van der Waals surface area contributed by atoms with E-state index < -0.39 is 5.97 Å². The number of anilines is 1. The Kier molecular flexibility index (Phi) is 5.95. The molecule has 0 aliphatic carbocycles. The SMILES string of the molecule is COc1cc(N)c(Cl)cc1C(=O)OCC1CCN(I)CC1. The maximum absolute atomic E-state index is 12.2. The molecule has 2 rings (SSSR count). The van der Waals surface area contributed by atoms with Crippen LogP contribution in [0, 0.1) is 5.92 Å². The van der Waals surface area contributed by atoms with Gasteiger partial charge in [-0.25, -0.2) is 7.91 Å². The number of nitrogens with zero attached hydrogens (tertiary/aromatic N) is 1. The zero-order valence-electron chi connectivity index (χ0n) is 11.8. The number of carbonyl (C=O) groups excluding carboxylic acids is 1. The minimum atomic E-state index is -0.425. The summed E-state index contributed by atoms with van der Waals surface area (Å²) in [5.74, 6) is 0.366. The van der Waals surface area contributed by atoms with Crippen molar-refractivity contribution in [1.29, 1.82) is 0 Å². The highest BCUT2D eigenvalue weighted by Crippen LogP contribution is 2.29. The fourth-order valence-electron chi connectivity index (χ4n) is 2.24. The third-order valence-electron chi connectivity index (χ3n) is 3.55. The number of nitrogen functional groups attached to an aromatic ring is 1. The summed E-state index contributed by atoms with van der Waals surface area (Å²) in [6.07, 6.45) is 2.08. The summed E-state index contributed by atoms with van der Waals surface area (Å²) in [6.45, 7) is 2.48. The molecule has 1 heterocycles. The number of halogens is 2. The number of methoxy groups -OCH3 is 1. The van der Waals surface area contributed by atoms with Crippen LogP contribution in [0.1, 0.15) is 23.2 Å². The molecule has 0 saturated carbocycles. The van der Waals surface area contributed by atoms with Gasteiger partial charge in [-0.3, -0.25) is 0 Å². The number of rotatable bonds is 4. The summed E-state index contributed by atoms with van der Waals surface area (Å²) >= 11 is 8.27. The van der Waals surface area contributed by atoms with Gasteiger partial charge < -0.3 is 15.2 Å². The molecule has 0 unspecified atom stereocenters. The molecule has 1 saturated heterocycles. The quantitative estimate of drug-likeness (QED) is 0.348. The monoisotopic (exact) mass is 424 g/mol. The van der Waals surface area contributed by atoms with Crippen LogP contribution in [0.4, 0.5) is 5.69 Å². The first kappa shape index (κ1) is 16.6. The fraction of sp³-hybridized carbons (Fsp3) is 0.500. The van der Waals surface area contributed by atoms with E-state index in [4.69, 9.17) is 26.8 Å². The number of hydrogen-bond acceptors (Lipinski definition) is 5. The van der Waals surface area contributed by atoms with Gasteiger partial charge in [0.15, 0.2) is 0 Å². The largest absolute Gasteiger partial charge is 0.496 e. The van der Waals surface area contributed by atoms with E-state index in [1.54, 1.807) is 0 Å². The number of ether oxygens (including phenoxy) is 2. The minimum absolute atomic E-state index is 0.308. The minimum Gasteiger partial charge on any atom is -0.496 e. The Morgan fingerprint density at radius 2 is 2.14 bits per heavy atom. The zero-order valence-corrected chi connectivity index (χ0v) is 14.7. The highest BCUT2D eigenvalue weighted by atomic mass is 127. The average Bonchev–Trinajstić information content (AvgIpc) is 2.48. The molecule has 0 amide bonds. The van der Waals surface area contributed by atoms with Crippen LogP contribution in [0.3, 0.4) is 0 Å². The van der Waals surface area contributed by atoms with Crippen LogP contribution in [0.2, 0.25) is 5.02 Å². The van der Waals surface area contributed by atoms with Crippen molar-refractivity contribution in [3.8, 4) is 5.75 Å². The van der Waals surface area contributed by atoms with Gasteiger partial charge in [0, 0.05) is 42.0 Å². The molecule has 5 nitrogen and oxygen atoms in total. The molecule has 1 aromatic rings. The molecule has 0 atom stereocenters. The molecule has 0 aromatic heterocycles. The Bertz CT molecular complexity index is 519. The van der Waals surface area contributed by atoms with Crippen LogP contribution in [-0.4, -0.2) is 35.9 Å². The molecule has 0 radical (unpaired) electrons. The number of hydrogen-bond donors (Lipinski definition) is 1. The number of carbonyl (C=O) groups is 1. The average molecular weight is 425 g/mol. The summed E-state index contributed by atoms with van der Waals surface area (Å²) in [4.78, 5) is 12.2. The molecular formula is C14H18ClIN2O3. The van der Waals surface area contributed by atoms with Crippen LogP contribution in [0.25, 0.3) is 0 Å². The van der Waals surface area contributed by atoms with Crippen LogP contribution < -0.4 is 10.5 Å². The molecule has 1 fully saturated rings. The third-order valence-corrected chi connectivity index (χ3v) is 4.84. The van der Waals surface area contributed by atoms with Gasteiger partial charge in [0.2, 0.25) is 0 Å². The number of piperidine rings is 1. The van der Waals surface area contributed by atoms with Gasteiger partial charge in [-0.2, -0.15) is 0 Å². The lowest BCUT2D eigenvalue weighted by Gasteiger charge is -2.27. The lowest BCUT2D eigenvalue weighted by atomic mass is 9.99.